The number of nitrogens with zero attached hydrogens (tertiary/aromatic N) is 2. The van der Waals surface area contributed by atoms with Gasteiger partial charge in [-0.15, -0.1) is 0 Å². The van der Waals surface area contributed by atoms with Gasteiger partial charge in [-0.3, -0.25) is 14.3 Å². The highest BCUT2D eigenvalue weighted by Gasteiger charge is 2.14. The van der Waals surface area contributed by atoms with Crippen molar-refractivity contribution in [3.8, 4) is 5.69 Å². The number of carbonyl (C=O) groups excluding carboxylic acids is 1. The zero-order valence-corrected chi connectivity index (χ0v) is 13.3. The standard InChI is InChI=1S/C17H13ClN2O3/c1-10-13(17(22)23-2)9-14-15(19-10)6-7-20(16(14)21)12-5-3-4-11(18)8-12/h3-9H,1-2H3. The molecule has 3 aromatic rings. The van der Waals surface area contributed by atoms with E-state index in [0.29, 0.717) is 27.3 Å². The molecule has 116 valence electrons. The number of pyridine rings is 2. The largest absolute Gasteiger partial charge is 0.465 e. The summed E-state index contributed by atoms with van der Waals surface area (Å²) in [7, 11) is 1.29. The number of fused-ring (bicyclic) bond motifs is 1. The normalized spacial score (nSPS) is 10.7. The number of aryl methyl sites for hydroxylation is 1. The van der Waals surface area contributed by atoms with E-state index < -0.39 is 5.97 Å². The summed E-state index contributed by atoms with van der Waals surface area (Å²) >= 11 is 5.98. The van der Waals surface area contributed by atoms with E-state index >= 15 is 0 Å². The van der Waals surface area contributed by atoms with E-state index in [1.54, 1.807) is 43.5 Å². The van der Waals surface area contributed by atoms with Crippen molar-refractivity contribution in [1.29, 1.82) is 0 Å². The fourth-order valence-corrected chi connectivity index (χ4v) is 2.60. The van der Waals surface area contributed by atoms with Crippen LogP contribution < -0.4 is 5.56 Å². The van der Waals surface area contributed by atoms with Crippen molar-refractivity contribution in [2.24, 2.45) is 0 Å². The minimum Gasteiger partial charge on any atom is -0.465 e. The van der Waals surface area contributed by atoms with Gasteiger partial charge in [0.15, 0.2) is 0 Å². The quantitative estimate of drug-likeness (QED) is 0.678. The number of benzene rings is 1. The Morgan fingerprint density at radius 3 is 2.74 bits per heavy atom. The average Bonchev–Trinajstić information content (AvgIpc) is 2.54. The van der Waals surface area contributed by atoms with Gasteiger partial charge in [0.2, 0.25) is 0 Å². The number of carbonyl (C=O) groups is 1. The smallest absolute Gasteiger partial charge is 0.339 e. The number of hydrogen-bond donors (Lipinski definition) is 0. The molecule has 0 aliphatic heterocycles. The van der Waals surface area contributed by atoms with Gasteiger partial charge in [-0.05, 0) is 37.3 Å². The molecule has 0 aliphatic carbocycles. The van der Waals surface area contributed by atoms with Gasteiger partial charge in [-0.1, -0.05) is 17.7 Å². The number of esters is 1. The lowest BCUT2D eigenvalue weighted by molar-refractivity contribution is 0.0599. The average molecular weight is 329 g/mol. The Hall–Kier alpha value is -2.66. The second kappa shape index (κ2) is 5.85. The Balaban J connectivity index is 2.28. The molecule has 0 aliphatic rings. The minimum atomic E-state index is -0.519. The van der Waals surface area contributed by atoms with Crippen molar-refractivity contribution in [3.63, 3.8) is 0 Å². The minimum absolute atomic E-state index is 0.276. The van der Waals surface area contributed by atoms with Crippen LogP contribution in [0.15, 0.2) is 47.4 Å². The van der Waals surface area contributed by atoms with Crippen LogP contribution in [0, 0.1) is 6.92 Å². The molecule has 1 aromatic carbocycles. The summed E-state index contributed by atoms with van der Waals surface area (Å²) in [6, 6.07) is 10.2. The molecule has 0 bridgehead atoms. The Morgan fingerprint density at radius 1 is 1.26 bits per heavy atom. The van der Waals surface area contributed by atoms with E-state index in [0.717, 1.165) is 0 Å². The summed E-state index contributed by atoms with van der Waals surface area (Å²) in [5.41, 5.74) is 1.69. The lowest BCUT2D eigenvalue weighted by Gasteiger charge is -2.09. The van der Waals surface area contributed by atoms with E-state index in [2.05, 4.69) is 4.98 Å². The third-order valence-corrected chi connectivity index (χ3v) is 3.80. The predicted molar refractivity (Wildman–Crippen MR) is 88.4 cm³/mol. The molecule has 0 fully saturated rings. The van der Waals surface area contributed by atoms with Crippen LogP contribution in [0.25, 0.3) is 16.6 Å². The molecule has 0 saturated heterocycles. The maximum absolute atomic E-state index is 12.7. The first-order chi connectivity index (χ1) is 11.0. The van der Waals surface area contributed by atoms with Gasteiger partial charge in [0.25, 0.3) is 5.56 Å². The predicted octanol–water partition coefficient (Wildman–Crippen LogP) is 3.13. The van der Waals surface area contributed by atoms with Gasteiger partial charge < -0.3 is 4.74 Å². The van der Waals surface area contributed by atoms with Gasteiger partial charge in [-0.2, -0.15) is 0 Å². The molecule has 0 N–H and O–H groups in total. The van der Waals surface area contributed by atoms with Crippen molar-refractivity contribution in [1.82, 2.24) is 9.55 Å². The van der Waals surface area contributed by atoms with Crippen LogP contribution in [-0.4, -0.2) is 22.6 Å². The zero-order chi connectivity index (χ0) is 16.6. The molecule has 0 atom stereocenters. The molecule has 0 radical (unpaired) electrons. The van der Waals surface area contributed by atoms with Crippen molar-refractivity contribution in [2.45, 2.75) is 6.92 Å². The highest BCUT2D eigenvalue weighted by molar-refractivity contribution is 6.30. The molecule has 0 unspecified atom stereocenters. The number of ether oxygens (including phenoxy) is 1. The second-order valence-corrected chi connectivity index (χ2v) is 5.45. The lowest BCUT2D eigenvalue weighted by atomic mass is 10.1. The van der Waals surface area contributed by atoms with Crippen LogP contribution in [0.5, 0.6) is 0 Å². The van der Waals surface area contributed by atoms with Crippen molar-refractivity contribution in [2.75, 3.05) is 7.11 Å². The molecular formula is C17H13ClN2O3. The van der Waals surface area contributed by atoms with Gasteiger partial charge in [-0.25, -0.2) is 4.79 Å². The van der Waals surface area contributed by atoms with E-state index in [9.17, 15) is 9.59 Å². The van der Waals surface area contributed by atoms with Crippen LogP contribution in [0.1, 0.15) is 16.1 Å². The topological polar surface area (TPSA) is 61.2 Å². The van der Waals surface area contributed by atoms with Gasteiger partial charge in [0, 0.05) is 11.2 Å². The van der Waals surface area contributed by atoms with Gasteiger partial charge in [0.1, 0.15) is 0 Å². The molecule has 0 amide bonds. The number of aromatic nitrogens is 2. The Kier molecular flexibility index (Phi) is 3.88. The zero-order valence-electron chi connectivity index (χ0n) is 12.5. The molecule has 2 aromatic heterocycles. The monoisotopic (exact) mass is 328 g/mol. The van der Waals surface area contributed by atoms with Crippen molar-refractivity contribution in [3.05, 3.63) is 69.2 Å². The molecule has 0 saturated carbocycles. The van der Waals surface area contributed by atoms with E-state index in [4.69, 9.17) is 16.3 Å². The number of rotatable bonds is 2. The van der Waals surface area contributed by atoms with Crippen LogP contribution in [0.3, 0.4) is 0 Å². The fourth-order valence-electron chi connectivity index (χ4n) is 2.41. The van der Waals surface area contributed by atoms with Crippen molar-refractivity contribution >= 4 is 28.5 Å². The number of hydrogen-bond acceptors (Lipinski definition) is 4. The Bertz CT molecular complexity index is 979. The molecular weight excluding hydrogens is 316 g/mol. The molecule has 5 nitrogen and oxygen atoms in total. The van der Waals surface area contributed by atoms with Crippen LogP contribution in [0.2, 0.25) is 5.02 Å². The summed E-state index contributed by atoms with van der Waals surface area (Å²) in [5, 5.41) is 0.880. The lowest BCUT2D eigenvalue weighted by Crippen LogP contribution is -2.19. The Labute approximate surface area is 137 Å². The Morgan fingerprint density at radius 2 is 2.04 bits per heavy atom. The first kappa shape index (κ1) is 15.2. The summed E-state index contributed by atoms with van der Waals surface area (Å²) in [6.07, 6.45) is 1.64. The second-order valence-electron chi connectivity index (χ2n) is 5.02. The maximum atomic E-state index is 12.7. The maximum Gasteiger partial charge on any atom is 0.339 e. The van der Waals surface area contributed by atoms with Crippen LogP contribution in [0.4, 0.5) is 0 Å². The number of methoxy groups -OCH3 is 1. The summed E-state index contributed by atoms with van der Waals surface area (Å²) in [5.74, 6) is -0.519. The van der Waals surface area contributed by atoms with Crippen LogP contribution in [-0.2, 0) is 4.74 Å². The van der Waals surface area contributed by atoms with E-state index in [1.165, 1.54) is 17.7 Å². The summed E-state index contributed by atoms with van der Waals surface area (Å²) in [4.78, 5) is 28.9. The first-order valence-electron chi connectivity index (χ1n) is 6.88. The third kappa shape index (κ3) is 2.71. The molecule has 6 heteroatoms. The van der Waals surface area contributed by atoms with Gasteiger partial charge in [0.05, 0.1) is 35.0 Å². The fraction of sp³-hybridized carbons (Fsp3) is 0.118. The SMILES string of the molecule is COC(=O)c1cc2c(=O)n(-c3cccc(Cl)c3)ccc2nc1C. The third-order valence-electron chi connectivity index (χ3n) is 3.56. The number of halogens is 1. The van der Waals surface area contributed by atoms with Crippen molar-refractivity contribution < 1.29 is 9.53 Å². The van der Waals surface area contributed by atoms with E-state index in [-0.39, 0.29) is 11.1 Å². The summed E-state index contributed by atoms with van der Waals surface area (Å²) < 4.78 is 6.20. The van der Waals surface area contributed by atoms with Gasteiger partial charge >= 0.3 is 5.97 Å². The molecule has 0 spiro atoms. The highest BCUT2D eigenvalue weighted by atomic mass is 35.5. The molecule has 2 heterocycles. The highest BCUT2D eigenvalue weighted by Crippen LogP contribution is 2.17. The van der Waals surface area contributed by atoms with Crippen LogP contribution >= 0.6 is 11.6 Å². The first-order valence-corrected chi connectivity index (χ1v) is 7.26. The van der Waals surface area contributed by atoms with E-state index in [1.807, 2.05) is 0 Å². The summed E-state index contributed by atoms with van der Waals surface area (Å²) in [6.45, 7) is 1.70. The molecule has 23 heavy (non-hydrogen) atoms. The molecule has 3 rings (SSSR count).